The summed E-state index contributed by atoms with van der Waals surface area (Å²) in [7, 11) is 2.08. The van der Waals surface area contributed by atoms with E-state index in [9.17, 15) is 5.11 Å². The summed E-state index contributed by atoms with van der Waals surface area (Å²) in [5.41, 5.74) is 6.37. The highest BCUT2D eigenvalue weighted by Crippen LogP contribution is 2.22. The number of aliphatic hydroxyl groups excluding tert-OH is 1. The number of aliphatic hydroxyl groups is 1. The molecule has 1 atom stereocenters. The van der Waals surface area contributed by atoms with Crippen molar-refractivity contribution in [3.63, 3.8) is 0 Å². The molecule has 0 bridgehead atoms. The average molecular weight is 308 g/mol. The van der Waals surface area contributed by atoms with Gasteiger partial charge in [0.15, 0.2) is 0 Å². The Balaban J connectivity index is 1.79. The Morgan fingerprint density at radius 2 is 2.19 bits per heavy atom. The maximum absolute atomic E-state index is 10.1. The molecule has 1 saturated carbocycles. The lowest BCUT2D eigenvalue weighted by atomic mass is 10.2. The second kappa shape index (κ2) is 7.73. The van der Waals surface area contributed by atoms with Gasteiger partial charge in [0.2, 0.25) is 0 Å². The highest BCUT2D eigenvalue weighted by atomic mass is 32.1. The van der Waals surface area contributed by atoms with Crippen molar-refractivity contribution in [3.05, 3.63) is 29.8 Å². The summed E-state index contributed by atoms with van der Waals surface area (Å²) in [4.78, 5) is 2.59. The summed E-state index contributed by atoms with van der Waals surface area (Å²) in [6, 6.07) is 7.95. The molecule has 4 nitrogen and oxygen atoms in total. The Morgan fingerprint density at radius 1 is 1.48 bits per heavy atom. The average Bonchev–Trinajstić information content (AvgIpc) is 2.99. The van der Waals surface area contributed by atoms with Gasteiger partial charge in [0.05, 0.1) is 0 Å². The van der Waals surface area contributed by atoms with Crippen molar-refractivity contribution in [3.8, 4) is 5.75 Å². The second-order valence-electron chi connectivity index (χ2n) is 5.73. The van der Waals surface area contributed by atoms with Crippen LogP contribution >= 0.6 is 12.2 Å². The van der Waals surface area contributed by atoms with E-state index in [1.54, 1.807) is 6.07 Å². The molecule has 1 aliphatic carbocycles. The number of nitrogens with zero attached hydrogens (tertiary/aromatic N) is 1. The van der Waals surface area contributed by atoms with Crippen LogP contribution in [-0.2, 0) is 0 Å². The highest BCUT2D eigenvalue weighted by molar-refractivity contribution is 7.80. The molecule has 116 valence electrons. The van der Waals surface area contributed by atoms with Gasteiger partial charge in [0, 0.05) is 18.2 Å². The van der Waals surface area contributed by atoms with Crippen molar-refractivity contribution in [2.24, 2.45) is 5.73 Å². The van der Waals surface area contributed by atoms with E-state index >= 15 is 0 Å². The first-order valence-corrected chi connectivity index (χ1v) is 7.88. The Kier molecular flexibility index (Phi) is 5.96. The first-order valence-electron chi connectivity index (χ1n) is 7.47. The Labute approximate surface area is 131 Å². The first-order chi connectivity index (χ1) is 10.1. The monoisotopic (exact) mass is 308 g/mol. The fraction of sp³-hybridized carbons (Fsp3) is 0.562. The van der Waals surface area contributed by atoms with Crippen molar-refractivity contribution in [1.29, 1.82) is 0 Å². The van der Waals surface area contributed by atoms with Gasteiger partial charge in [-0.2, -0.15) is 0 Å². The van der Waals surface area contributed by atoms with Gasteiger partial charge in [0.25, 0.3) is 0 Å². The molecule has 3 N–H and O–H groups in total. The van der Waals surface area contributed by atoms with Crippen LogP contribution in [0.1, 0.15) is 31.2 Å². The van der Waals surface area contributed by atoms with E-state index in [-0.39, 0.29) is 6.61 Å². The molecular weight excluding hydrogens is 284 g/mol. The van der Waals surface area contributed by atoms with Crippen LogP contribution < -0.4 is 10.5 Å². The minimum Gasteiger partial charge on any atom is -0.491 e. The van der Waals surface area contributed by atoms with Crippen LogP contribution in [0.3, 0.4) is 0 Å². The Morgan fingerprint density at radius 3 is 2.86 bits per heavy atom. The van der Waals surface area contributed by atoms with Crippen LogP contribution in [0.2, 0.25) is 0 Å². The lowest BCUT2D eigenvalue weighted by Crippen LogP contribution is -2.38. The number of likely N-dealkylation sites (N-methyl/N-ethyl adjacent to an activating group) is 1. The molecular formula is C16H24N2O2S. The molecule has 0 aromatic heterocycles. The van der Waals surface area contributed by atoms with Crippen LogP contribution in [0.25, 0.3) is 0 Å². The molecule has 5 heteroatoms. The normalized spacial score (nSPS) is 17.1. The molecule has 2 rings (SSSR count). The minimum absolute atomic E-state index is 0.276. The van der Waals surface area contributed by atoms with E-state index in [1.165, 1.54) is 25.7 Å². The van der Waals surface area contributed by atoms with E-state index in [2.05, 4.69) is 11.9 Å². The lowest BCUT2D eigenvalue weighted by molar-refractivity contribution is 0.0638. The number of nitrogens with two attached hydrogens (primary N) is 1. The maximum Gasteiger partial charge on any atom is 0.120 e. The predicted molar refractivity (Wildman–Crippen MR) is 88.7 cm³/mol. The number of hydrogen-bond donors (Lipinski definition) is 2. The summed E-state index contributed by atoms with van der Waals surface area (Å²) in [6.07, 6.45) is 4.57. The second-order valence-corrected chi connectivity index (χ2v) is 6.17. The van der Waals surface area contributed by atoms with Gasteiger partial charge in [-0.25, -0.2) is 0 Å². The summed E-state index contributed by atoms with van der Waals surface area (Å²) in [5.74, 6) is 0.683. The standard InChI is InChI=1S/C16H24N2O2S/c1-18(13-6-2-3-7-13)10-14(19)11-20-15-8-4-5-12(9-15)16(17)21/h4-5,8-9,13-14,19H,2-3,6-7,10-11H2,1H3,(H2,17,21). The summed E-state index contributed by atoms with van der Waals surface area (Å²) >= 11 is 4.94. The third-order valence-corrected chi connectivity index (χ3v) is 4.24. The van der Waals surface area contributed by atoms with Gasteiger partial charge >= 0.3 is 0 Å². The van der Waals surface area contributed by atoms with Crippen LogP contribution in [0.5, 0.6) is 5.75 Å². The molecule has 1 aromatic rings. The largest absolute Gasteiger partial charge is 0.491 e. The van der Waals surface area contributed by atoms with Crippen molar-refractivity contribution in [2.45, 2.75) is 37.8 Å². The molecule has 0 heterocycles. The van der Waals surface area contributed by atoms with E-state index in [1.807, 2.05) is 18.2 Å². The van der Waals surface area contributed by atoms with E-state index in [0.717, 1.165) is 5.56 Å². The van der Waals surface area contributed by atoms with Crippen molar-refractivity contribution in [2.75, 3.05) is 20.2 Å². The van der Waals surface area contributed by atoms with Gasteiger partial charge in [-0.15, -0.1) is 0 Å². The quantitative estimate of drug-likeness (QED) is 0.754. The summed E-state index contributed by atoms with van der Waals surface area (Å²) in [6.45, 7) is 0.914. The van der Waals surface area contributed by atoms with Crippen molar-refractivity contribution >= 4 is 17.2 Å². The number of thiocarbonyl (C=S) groups is 1. The van der Waals surface area contributed by atoms with Crippen molar-refractivity contribution < 1.29 is 9.84 Å². The van der Waals surface area contributed by atoms with Crippen LogP contribution in [0.15, 0.2) is 24.3 Å². The van der Waals surface area contributed by atoms with E-state index in [4.69, 9.17) is 22.7 Å². The molecule has 0 radical (unpaired) electrons. The van der Waals surface area contributed by atoms with E-state index in [0.29, 0.717) is 23.3 Å². The molecule has 1 aliphatic rings. The molecule has 1 fully saturated rings. The molecule has 0 aliphatic heterocycles. The SMILES string of the molecule is CN(CC(O)COc1cccc(C(N)=S)c1)C1CCCC1. The van der Waals surface area contributed by atoms with Crippen molar-refractivity contribution in [1.82, 2.24) is 4.90 Å². The van der Waals surface area contributed by atoms with Gasteiger partial charge in [-0.1, -0.05) is 37.2 Å². The molecule has 21 heavy (non-hydrogen) atoms. The number of rotatable bonds is 7. The smallest absolute Gasteiger partial charge is 0.120 e. The summed E-state index contributed by atoms with van der Waals surface area (Å²) in [5, 5.41) is 10.1. The fourth-order valence-corrected chi connectivity index (χ4v) is 2.94. The number of benzene rings is 1. The van der Waals surface area contributed by atoms with Gasteiger partial charge in [-0.3, -0.25) is 0 Å². The molecule has 0 saturated heterocycles. The minimum atomic E-state index is -0.496. The molecule has 1 unspecified atom stereocenters. The van der Waals surface area contributed by atoms with Crippen LogP contribution in [0.4, 0.5) is 0 Å². The van der Waals surface area contributed by atoms with E-state index < -0.39 is 6.10 Å². The molecule has 0 spiro atoms. The molecule has 0 amide bonds. The van der Waals surface area contributed by atoms with Crippen LogP contribution in [-0.4, -0.2) is 47.3 Å². The third kappa shape index (κ3) is 4.95. The number of ether oxygens (including phenoxy) is 1. The fourth-order valence-electron chi connectivity index (χ4n) is 2.81. The van der Waals surface area contributed by atoms with Crippen LogP contribution in [0, 0.1) is 0 Å². The van der Waals surface area contributed by atoms with Gasteiger partial charge in [-0.05, 0) is 32.0 Å². The lowest BCUT2D eigenvalue weighted by Gasteiger charge is -2.26. The highest BCUT2D eigenvalue weighted by Gasteiger charge is 2.21. The predicted octanol–water partition coefficient (Wildman–Crippen LogP) is 1.93. The van der Waals surface area contributed by atoms with Gasteiger partial charge in [0.1, 0.15) is 23.4 Å². The zero-order valence-electron chi connectivity index (χ0n) is 12.5. The summed E-state index contributed by atoms with van der Waals surface area (Å²) < 4.78 is 5.63. The number of hydrogen-bond acceptors (Lipinski definition) is 4. The zero-order chi connectivity index (χ0) is 15.2. The topological polar surface area (TPSA) is 58.7 Å². The first kappa shape index (κ1) is 16.2. The Bertz CT molecular complexity index is 475. The van der Waals surface area contributed by atoms with Gasteiger partial charge < -0.3 is 20.5 Å². The molecule has 1 aromatic carbocycles. The third-order valence-electron chi connectivity index (χ3n) is 4.01. The zero-order valence-corrected chi connectivity index (χ0v) is 13.3. The Hall–Kier alpha value is -1.17. The maximum atomic E-state index is 10.1.